The van der Waals surface area contributed by atoms with Gasteiger partial charge in [-0.2, -0.15) is 0 Å². The summed E-state index contributed by atoms with van der Waals surface area (Å²) in [6, 6.07) is 7.84. The Morgan fingerprint density at radius 1 is 1.07 bits per heavy atom. The van der Waals surface area contributed by atoms with Gasteiger partial charge in [-0.1, -0.05) is 18.2 Å². The van der Waals surface area contributed by atoms with E-state index in [1.165, 1.54) is 0 Å². The van der Waals surface area contributed by atoms with E-state index in [9.17, 15) is 0 Å². The van der Waals surface area contributed by atoms with Crippen LogP contribution in [0.3, 0.4) is 0 Å². The fourth-order valence-corrected chi connectivity index (χ4v) is 1.73. The maximum Gasteiger partial charge on any atom is 0.220 e. The fraction of sp³-hybridized carbons (Fsp3) is 0. The highest BCUT2D eigenvalue weighted by Gasteiger charge is 2.05. The van der Waals surface area contributed by atoms with E-state index in [1.54, 1.807) is 6.20 Å². The number of rotatable bonds is 0. The number of pyridine rings is 1. The van der Waals surface area contributed by atoms with Crippen molar-refractivity contribution in [1.29, 1.82) is 0 Å². The summed E-state index contributed by atoms with van der Waals surface area (Å²) < 4.78 is 0. The van der Waals surface area contributed by atoms with Crippen LogP contribution in [0, 0.1) is 0 Å². The van der Waals surface area contributed by atoms with Gasteiger partial charge in [0.15, 0.2) is 0 Å². The summed E-state index contributed by atoms with van der Waals surface area (Å²) in [5, 5.41) is 3.01. The van der Waals surface area contributed by atoms with Crippen molar-refractivity contribution < 1.29 is 0 Å². The van der Waals surface area contributed by atoms with Crippen molar-refractivity contribution in [1.82, 2.24) is 4.98 Å². The minimum absolute atomic E-state index is 0.387. The van der Waals surface area contributed by atoms with Gasteiger partial charge in [0, 0.05) is 5.39 Å². The first kappa shape index (κ1) is 7.70. The number of hydrogen-bond acceptors (Lipinski definition) is 2. The fourth-order valence-electron chi connectivity index (χ4n) is 1.54. The van der Waals surface area contributed by atoms with Crippen LogP contribution in [0.5, 0.6) is 0 Å². The topological polar surface area (TPSA) is 37.6 Å². The van der Waals surface area contributed by atoms with Crippen LogP contribution in [0.15, 0.2) is 40.4 Å². The smallest absolute Gasteiger partial charge is 0.220 e. The Labute approximate surface area is 84.8 Å². The summed E-state index contributed by atoms with van der Waals surface area (Å²) in [5.74, 6) is 0. The lowest BCUT2D eigenvalue weighted by Crippen LogP contribution is -2.23. The van der Waals surface area contributed by atoms with E-state index in [2.05, 4.69) is 15.0 Å². The van der Waals surface area contributed by atoms with Crippen LogP contribution in [-0.4, -0.2) is 10.1 Å². The first-order valence-corrected chi connectivity index (χ1v) is 4.60. The van der Waals surface area contributed by atoms with E-state index in [1.807, 2.05) is 24.3 Å². The van der Waals surface area contributed by atoms with Crippen LogP contribution < -0.4 is 10.7 Å². The summed E-state index contributed by atoms with van der Waals surface area (Å²) >= 11 is 4.93. The van der Waals surface area contributed by atoms with Crippen molar-refractivity contribution in [3.63, 3.8) is 0 Å². The molecule has 0 N–H and O–H groups in total. The molecule has 1 aromatic heterocycles. The third-order valence-electron chi connectivity index (χ3n) is 2.15. The summed E-state index contributed by atoms with van der Waals surface area (Å²) in [6.07, 6.45) is 1.71. The van der Waals surface area contributed by atoms with E-state index in [-0.39, 0.29) is 0 Å². The minimum Gasteiger partial charge on any atom is -0.254 e. The van der Waals surface area contributed by atoms with Crippen LogP contribution in [0.1, 0.15) is 0 Å². The number of benzene rings is 1. The molecule has 0 atom stereocenters. The molecule has 0 aliphatic carbocycles. The van der Waals surface area contributed by atoms with Crippen LogP contribution in [0.25, 0.3) is 10.9 Å². The molecule has 2 aromatic rings. The lowest BCUT2D eigenvalue weighted by Gasteiger charge is -1.93. The van der Waals surface area contributed by atoms with Crippen LogP contribution in [-0.2, 0) is 0 Å². The second-order valence-corrected chi connectivity index (χ2v) is 3.38. The van der Waals surface area contributed by atoms with Gasteiger partial charge in [0.25, 0.3) is 0 Å². The van der Waals surface area contributed by atoms with Gasteiger partial charge < -0.3 is 0 Å². The summed E-state index contributed by atoms with van der Waals surface area (Å²) in [6.45, 7) is 0. The second-order valence-electron chi connectivity index (χ2n) is 3.02. The normalized spacial score (nSPS) is 13.6. The van der Waals surface area contributed by atoms with Gasteiger partial charge in [0.1, 0.15) is 10.7 Å². The number of aromatic nitrogens is 1. The molecule has 1 aliphatic rings. The first-order valence-electron chi connectivity index (χ1n) is 4.20. The van der Waals surface area contributed by atoms with E-state index in [0.29, 0.717) is 5.11 Å². The van der Waals surface area contributed by atoms with Crippen LogP contribution in [0.2, 0.25) is 0 Å². The van der Waals surface area contributed by atoms with Crippen LogP contribution in [0.4, 0.5) is 0 Å². The molecule has 1 aliphatic heterocycles. The Balaban J connectivity index is 2.65. The van der Waals surface area contributed by atoms with Gasteiger partial charge in [0.2, 0.25) is 5.11 Å². The molecule has 2 heterocycles. The minimum atomic E-state index is 0.387. The average molecular weight is 199 g/mol. The molecule has 0 saturated carbocycles. The maximum atomic E-state index is 4.93. The predicted octanol–water partition coefficient (Wildman–Crippen LogP) is 0.772. The van der Waals surface area contributed by atoms with E-state index in [4.69, 9.17) is 12.2 Å². The zero-order valence-corrected chi connectivity index (χ0v) is 7.95. The van der Waals surface area contributed by atoms with Crippen LogP contribution >= 0.6 is 12.2 Å². The number of para-hydroxylation sites is 1. The first-order chi connectivity index (χ1) is 6.84. The molecule has 0 spiro atoms. The SMILES string of the molecule is S=C1N=c2cnc3ccccc3c2=N1. The molecule has 0 fully saturated rings. The lowest BCUT2D eigenvalue weighted by molar-refractivity contribution is 1.29. The molecule has 14 heavy (non-hydrogen) atoms. The predicted molar refractivity (Wildman–Crippen MR) is 56.7 cm³/mol. The molecule has 0 amide bonds. The van der Waals surface area contributed by atoms with Gasteiger partial charge >= 0.3 is 0 Å². The zero-order chi connectivity index (χ0) is 9.54. The number of nitrogens with zero attached hydrogens (tertiary/aromatic N) is 3. The monoisotopic (exact) mass is 199 g/mol. The summed E-state index contributed by atoms with van der Waals surface area (Å²) in [5.41, 5.74) is 0.926. The zero-order valence-electron chi connectivity index (χ0n) is 7.14. The highest BCUT2D eigenvalue weighted by molar-refractivity contribution is 7.80. The second kappa shape index (κ2) is 2.65. The molecule has 4 heteroatoms. The lowest BCUT2D eigenvalue weighted by atomic mass is 10.2. The molecule has 1 aromatic carbocycles. The Morgan fingerprint density at radius 3 is 2.86 bits per heavy atom. The van der Waals surface area contributed by atoms with Gasteiger partial charge in [-0.05, 0) is 18.3 Å². The standard InChI is InChI=1S/C10H5N3S/c14-10-12-8-5-11-7-4-2-1-3-6(7)9(8)13-10/h1-5H. The quantitative estimate of drug-likeness (QED) is 0.588. The van der Waals surface area contributed by atoms with Gasteiger partial charge in [-0.15, -0.1) is 0 Å². The van der Waals surface area contributed by atoms with Crippen molar-refractivity contribution in [2.24, 2.45) is 9.98 Å². The van der Waals surface area contributed by atoms with Crippen molar-refractivity contribution in [2.45, 2.75) is 0 Å². The Kier molecular flexibility index (Phi) is 1.46. The Hall–Kier alpha value is -1.68. The third-order valence-corrected chi connectivity index (χ3v) is 2.33. The third kappa shape index (κ3) is 0.975. The van der Waals surface area contributed by atoms with Crippen molar-refractivity contribution in [3.8, 4) is 0 Å². The summed E-state index contributed by atoms with van der Waals surface area (Å²) in [4.78, 5) is 12.6. The van der Waals surface area contributed by atoms with Crippen molar-refractivity contribution >= 4 is 28.2 Å². The maximum absolute atomic E-state index is 4.93. The molecule has 0 radical (unpaired) electrons. The molecular weight excluding hydrogens is 194 g/mol. The number of thiocarbonyl (C=S) groups is 1. The molecule has 0 bridgehead atoms. The summed E-state index contributed by atoms with van der Waals surface area (Å²) in [7, 11) is 0. The van der Waals surface area contributed by atoms with E-state index >= 15 is 0 Å². The highest BCUT2D eigenvalue weighted by Crippen LogP contribution is 2.04. The van der Waals surface area contributed by atoms with E-state index in [0.717, 1.165) is 21.6 Å². The number of fused-ring (bicyclic) bond motifs is 3. The molecular formula is C10H5N3S. The largest absolute Gasteiger partial charge is 0.254 e. The molecule has 3 nitrogen and oxygen atoms in total. The van der Waals surface area contributed by atoms with Gasteiger partial charge in [0.05, 0.1) is 11.7 Å². The van der Waals surface area contributed by atoms with Gasteiger partial charge in [-0.3, -0.25) is 4.98 Å². The number of hydrogen-bond donors (Lipinski definition) is 0. The Bertz CT molecular complexity index is 661. The highest BCUT2D eigenvalue weighted by atomic mass is 32.1. The molecule has 66 valence electrons. The molecule has 3 rings (SSSR count). The van der Waals surface area contributed by atoms with Crippen molar-refractivity contribution in [2.75, 3.05) is 0 Å². The average Bonchev–Trinajstić information content (AvgIpc) is 2.59. The molecule has 0 saturated heterocycles. The molecule has 0 unspecified atom stereocenters. The van der Waals surface area contributed by atoms with E-state index < -0.39 is 0 Å². The Morgan fingerprint density at radius 2 is 1.93 bits per heavy atom. The van der Waals surface area contributed by atoms with Crippen molar-refractivity contribution in [3.05, 3.63) is 41.2 Å². The van der Waals surface area contributed by atoms with Gasteiger partial charge in [-0.25, -0.2) is 9.98 Å².